The summed E-state index contributed by atoms with van der Waals surface area (Å²) in [7, 11) is 0. The molecule has 0 saturated carbocycles. The molecule has 0 aromatic rings. The topological polar surface area (TPSA) is 169 Å². The van der Waals surface area contributed by atoms with Crippen LogP contribution in [0.2, 0.25) is 0 Å². The van der Waals surface area contributed by atoms with Crippen molar-refractivity contribution in [3.05, 3.63) is 0 Å². The number of aliphatic hydroxyl groups is 7. The van der Waals surface area contributed by atoms with Gasteiger partial charge in [0.1, 0.15) is 42.7 Å². The molecule has 2 saturated heterocycles. The smallest absolute Gasteiger partial charge is 0.189 e. The molecule has 23 heavy (non-hydrogen) atoms. The third-order valence-corrected chi connectivity index (χ3v) is 4.58. The van der Waals surface area contributed by atoms with Crippen molar-refractivity contribution in [3.8, 4) is 0 Å². The van der Waals surface area contributed by atoms with E-state index < -0.39 is 68.0 Å². The Morgan fingerprint density at radius 2 is 1.13 bits per heavy atom. The first-order valence-corrected chi connectivity index (χ1v) is 8.15. The summed E-state index contributed by atoms with van der Waals surface area (Å²) in [4.78, 5) is 0. The zero-order valence-electron chi connectivity index (χ0n) is 11.9. The first-order chi connectivity index (χ1) is 10.8. The van der Waals surface area contributed by atoms with Gasteiger partial charge in [-0.15, -0.1) is 0 Å². The van der Waals surface area contributed by atoms with Gasteiger partial charge in [0, 0.05) is 5.33 Å². The number of halogens is 1. The summed E-state index contributed by atoms with van der Waals surface area (Å²) in [5.41, 5.74) is 0. The van der Waals surface area contributed by atoms with Crippen molar-refractivity contribution in [1.82, 2.24) is 0 Å². The van der Waals surface area contributed by atoms with Crippen LogP contribution in [-0.2, 0) is 14.2 Å². The van der Waals surface area contributed by atoms with Crippen LogP contribution in [0, 0.1) is 0 Å². The number of ether oxygens (including phenoxy) is 3. The Morgan fingerprint density at radius 3 is 1.57 bits per heavy atom. The Hall–Kier alpha value is 0.0800. The van der Waals surface area contributed by atoms with Gasteiger partial charge >= 0.3 is 0 Å². The van der Waals surface area contributed by atoms with Crippen molar-refractivity contribution in [3.63, 3.8) is 0 Å². The Balaban J connectivity index is 2.07. The average Bonchev–Trinajstić information content (AvgIpc) is 2.55. The molecule has 0 spiro atoms. The van der Waals surface area contributed by atoms with Crippen molar-refractivity contribution in [2.24, 2.45) is 0 Å². The fraction of sp³-hybridized carbons (Fsp3) is 1.00. The summed E-state index contributed by atoms with van der Waals surface area (Å²) in [5.74, 6) is 0. The SMILES string of the molecule is OC[C@H]1O[C@@H](O[C@H]2O[C@H](CBr)[C@@H](O)[C@H](O)[C@H]2O)[C@H](O)[C@@H](O)[C@@H]1O. The molecule has 0 aromatic heterocycles. The van der Waals surface area contributed by atoms with Crippen molar-refractivity contribution >= 4 is 15.9 Å². The molecule has 2 fully saturated rings. The van der Waals surface area contributed by atoms with E-state index in [0.717, 1.165) is 0 Å². The van der Waals surface area contributed by atoms with Gasteiger partial charge in [-0.2, -0.15) is 0 Å². The predicted molar refractivity (Wildman–Crippen MR) is 75.3 cm³/mol. The Kier molecular flexibility index (Phi) is 6.73. The van der Waals surface area contributed by atoms with E-state index in [0.29, 0.717) is 0 Å². The van der Waals surface area contributed by atoms with E-state index in [4.69, 9.17) is 19.3 Å². The van der Waals surface area contributed by atoms with Crippen LogP contribution in [-0.4, -0.2) is 109 Å². The van der Waals surface area contributed by atoms with Crippen LogP contribution < -0.4 is 0 Å². The zero-order valence-corrected chi connectivity index (χ0v) is 13.5. The van der Waals surface area contributed by atoms with Gasteiger partial charge in [0.05, 0.1) is 12.7 Å². The molecule has 2 heterocycles. The summed E-state index contributed by atoms with van der Waals surface area (Å²) in [5, 5.41) is 67.9. The van der Waals surface area contributed by atoms with Crippen LogP contribution in [0.15, 0.2) is 0 Å². The number of aliphatic hydroxyl groups excluding tert-OH is 7. The van der Waals surface area contributed by atoms with E-state index in [2.05, 4.69) is 15.9 Å². The maximum Gasteiger partial charge on any atom is 0.189 e. The first-order valence-electron chi connectivity index (χ1n) is 7.03. The van der Waals surface area contributed by atoms with Gasteiger partial charge in [0.15, 0.2) is 12.6 Å². The van der Waals surface area contributed by atoms with E-state index in [9.17, 15) is 30.6 Å². The molecule has 136 valence electrons. The molecule has 10 nitrogen and oxygen atoms in total. The normalized spacial score (nSPS) is 51.7. The molecular weight excluding hydrogens is 384 g/mol. The van der Waals surface area contributed by atoms with Crippen LogP contribution in [0.5, 0.6) is 0 Å². The highest BCUT2D eigenvalue weighted by molar-refractivity contribution is 9.09. The number of hydrogen-bond donors (Lipinski definition) is 7. The second kappa shape index (κ2) is 7.97. The highest BCUT2D eigenvalue weighted by Crippen LogP contribution is 2.28. The summed E-state index contributed by atoms with van der Waals surface area (Å²) >= 11 is 3.08. The first kappa shape index (κ1) is 19.4. The van der Waals surface area contributed by atoms with Gasteiger partial charge in [-0.3, -0.25) is 0 Å². The van der Waals surface area contributed by atoms with E-state index >= 15 is 0 Å². The van der Waals surface area contributed by atoms with Crippen LogP contribution in [0.3, 0.4) is 0 Å². The minimum atomic E-state index is -1.67. The molecule has 0 aliphatic carbocycles. The predicted octanol–water partition coefficient (Wildman–Crippen LogP) is -3.99. The van der Waals surface area contributed by atoms with E-state index in [1.165, 1.54) is 0 Å². The average molecular weight is 405 g/mol. The molecule has 10 atom stereocenters. The summed E-state index contributed by atoms with van der Waals surface area (Å²) in [6, 6.07) is 0. The fourth-order valence-corrected chi connectivity index (χ4v) is 3.00. The van der Waals surface area contributed by atoms with Crippen molar-refractivity contribution < 1.29 is 50.0 Å². The minimum Gasteiger partial charge on any atom is -0.394 e. The monoisotopic (exact) mass is 404 g/mol. The zero-order chi connectivity index (χ0) is 17.3. The molecule has 0 amide bonds. The molecule has 11 heteroatoms. The largest absolute Gasteiger partial charge is 0.394 e. The van der Waals surface area contributed by atoms with Crippen LogP contribution in [0.25, 0.3) is 0 Å². The summed E-state index contributed by atoms with van der Waals surface area (Å²) in [6.07, 6.45) is -14.4. The fourth-order valence-electron chi connectivity index (χ4n) is 2.47. The molecular formula is C12H21BrO10. The Bertz CT molecular complexity index is 349. The molecule has 0 radical (unpaired) electrons. The van der Waals surface area contributed by atoms with Gasteiger partial charge in [-0.25, -0.2) is 0 Å². The van der Waals surface area contributed by atoms with Crippen molar-refractivity contribution in [2.45, 2.75) is 61.4 Å². The van der Waals surface area contributed by atoms with Crippen molar-refractivity contribution in [2.75, 3.05) is 11.9 Å². The van der Waals surface area contributed by atoms with Gasteiger partial charge in [0.2, 0.25) is 0 Å². The Morgan fingerprint density at radius 1 is 0.696 bits per heavy atom. The minimum absolute atomic E-state index is 0.145. The second-order valence-corrected chi connectivity index (χ2v) is 6.15. The van der Waals surface area contributed by atoms with Crippen LogP contribution >= 0.6 is 15.9 Å². The molecule has 7 N–H and O–H groups in total. The lowest BCUT2D eigenvalue weighted by Crippen LogP contribution is -2.63. The third-order valence-electron chi connectivity index (χ3n) is 3.94. The highest BCUT2D eigenvalue weighted by Gasteiger charge is 2.49. The highest BCUT2D eigenvalue weighted by atomic mass is 79.9. The standard InChI is InChI=1S/C12H21BrO10/c13-1-3-5(15)7(17)9(19)11(21-3)23-12-10(20)8(18)6(16)4(2-14)22-12/h3-12,14-20H,1-2H2/t3-,4-,5-,6-,7+,8+,9-,10-,11-,12+/m1/s1. The summed E-state index contributed by atoms with van der Waals surface area (Å²) < 4.78 is 15.7. The second-order valence-electron chi connectivity index (χ2n) is 5.50. The summed E-state index contributed by atoms with van der Waals surface area (Å²) in [6.45, 7) is -0.635. The quantitative estimate of drug-likeness (QED) is 0.229. The molecule has 0 unspecified atom stereocenters. The molecule has 2 aliphatic rings. The maximum absolute atomic E-state index is 9.91. The van der Waals surface area contributed by atoms with Crippen LogP contribution in [0.1, 0.15) is 0 Å². The van der Waals surface area contributed by atoms with Crippen molar-refractivity contribution in [1.29, 1.82) is 0 Å². The molecule has 0 aromatic carbocycles. The lowest BCUT2D eigenvalue weighted by atomic mass is 9.98. The van der Waals surface area contributed by atoms with Gasteiger partial charge in [-0.1, -0.05) is 15.9 Å². The number of rotatable bonds is 4. The lowest BCUT2D eigenvalue weighted by Gasteiger charge is -2.44. The van der Waals surface area contributed by atoms with Gasteiger partial charge in [-0.05, 0) is 0 Å². The van der Waals surface area contributed by atoms with E-state index in [-0.39, 0.29) is 5.33 Å². The van der Waals surface area contributed by atoms with Gasteiger partial charge in [0.25, 0.3) is 0 Å². The van der Waals surface area contributed by atoms with Crippen LogP contribution in [0.4, 0.5) is 0 Å². The maximum atomic E-state index is 9.91. The van der Waals surface area contributed by atoms with Gasteiger partial charge < -0.3 is 50.0 Å². The molecule has 2 rings (SSSR count). The molecule has 0 bridgehead atoms. The van der Waals surface area contributed by atoms with E-state index in [1.54, 1.807) is 0 Å². The third kappa shape index (κ3) is 3.85. The number of hydrogen-bond acceptors (Lipinski definition) is 10. The Labute approximate surface area is 140 Å². The number of alkyl halides is 1. The molecule has 2 aliphatic heterocycles. The lowest BCUT2D eigenvalue weighted by molar-refractivity contribution is -0.373. The van der Waals surface area contributed by atoms with E-state index in [1.807, 2.05) is 0 Å².